The summed E-state index contributed by atoms with van der Waals surface area (Å²) in [5, 5.41) is 14.6. The van der Waals surface area contributed by atoms with Crippen LogP contribution >= 0.6 is 0 Å². The maximum atomic E-state index is 12.6. The second-order valence-corrected chi connectivity index (χ2v) is 7.43. The fourth-order valence-corrected chi connectivity index (χ4v) is 3.60. The fraction of sp³-hybridized carbons (Fsp3) is 0.318. The lowest BCUT2D eigenvalue weighted by molar-refractivity contribution is -0.118. The molecule has 0 aromatic heterocycles. The Morgan fingerprint density at radius 3 is 2.77 bits per heavy atom. The van der Waals surface area contributed by atoms with Crippen molar-refractivity contribution in [3.8, 4) is 0 Å². The highest BCUT2D eigenvalue weighted by Gasteiger charge is 2.33. The third-order valence-electron chi connectivity index (χ3n) is 5.26. The number of alkyl carbamates (subject to hydrolysis) is 1. The van der Waals surface area contributed by atoms with E-state index >= 15 is 0 Å². The van der Waals surface area contributed by atoms with E-state index in [1.807, 2.05) is 36.4 Å². The van der Waals surface area contributed by atoms with Crippen LogP contribution < -0.4 is 15.5 Å². The molecule has 1 unspecified atom stereocenters. The molecule has 162 valence electrons. The molecule has 9 nitrogen and oxygen atoms in total. The molecule has 4 rings (SSSR count). The quantitative estimate of drug-likeness (QED) is 0.676. The summed E-state index contributed by atoms with van der Waals surface area (Å²) in [7, 11) is 0. The van der Waals surface area contributed by atoms with Gasteiger partial charge in [0, 0.05) is 11.4 Å². The van der Waals surface area contributed by atoms with E-state index in [9.17, 15) is 19.5 Å². The minimum absolute atomic E-state index is 0.116. The second-order valence-electron chi connectivity index (χ2n) is 7.43. The molecule has 2 aliphatic heterocycles. The summed E-state index contributed by atoms with van der Waals surface area (Å²) in [4.78, 5) is 38.2. The Labute approximate surface area is 178 Å². The number of rotatable bonds is 5. The average molecular weight is 425 g/mol. The number of carbonyl (C=O) groups is 3. The van der Waals surface area contributed by atoms with E-state index in [4.69, 9.17) is 9.47 Å². The van der Waals surface area contributed by atoms with Gasteiger partial charge in [0.1, 0.15) is 18.8 Å². The van der Waals surface area contributed by atoms with Gasteiger partial charge in [-0.05, 0) is 42.2 Å². The summed E-state index contributed by atoms with van der Waals surface area (Å²) >= 11 is 0. The Hall–Kier alpha value is -3.59. The molecule has 31 heavy (non-hydrogen) atoms. The number of amides is 3. The first kappa shape index (κ1) is 20.7. The van der Waals surface area contributed by atoms with Crippen molar-refractivity contribution in [2.24, 2.45) is 0 Å². The van der Waals surface area contributed by atoms with Gasteiger partial charge in [-0.25, -0.2) is 9.59 Å². The maximum absolute atomic E-state index is 12.6. The molecular weight excluding hydrogens is 402 g/mol. The molecule has 0 bridgehead atoms. The third-order valence-corrected chi connectivity index (χ3v) is 5.26. The van der Waals surface area contributed by atoms with Crippen LogP contribution in [0.5, 0.6) is 0 Å². The summed E-state index contributed by atoms with van der Waals surface area (Å²) < 4.78 is 10.3. The molecule has 0 radical (unpaired) electrons. The molecule has 2 heterocycles. The van der Waals surface area contributed by atoms with Crippen molar-refractivity contribution >= 4 is 29.5 Å². The first-order chi connectivity index (χ1) is 15.0. The molecule has 3 N–H and O–H groups in total. The van der Waals surface area contributed by atoms with Gasteiger partial charge in [-0.2, -0.15) is 0 Å². The summed E-state index contributed by atoms with van der Waals surface area (Å²) in [5.41, 5.74) is 2.95. The number of anilines is 2. The van der Waals surface area contributed by atoms with Crippen LogP contribution in [0.15, 0.2) is 48.5 Å². The molecule has 2 atom stereocenters. The lowest BCUT2D eigenvalue weighted by Gasteiger charge is -2.16. The van der Waals surface area contributed by atoms with E-state index in [0.29, 0.717) is 24.2 Å². The van der Waals surface area contributed by atoms with Gasteiger partial charge in [-0.1, -0.05) is 30.3 Å². The van der Waals surface area contributed by atoms with Crippen LogP contribution in [0.1, 0.15) is 17.5 Å². The minimum Gasteiger partial charge on any atom is -0.445 e. The summed E-state index contributed by atoms with van der Waals surface area (Å²) in [6.07, 6.45) is -0.839. The van der Waals surface area contributed by atoms with Crippen LogP contribution in [0.4, 0.5) is 21.0 Å². The van der Waals surface area contributed by atoms with E-state index in [-0.39, 0.29) is 25.7 Å². The van der Waals surface area contributed by atoms with Crippen molar-refractivity contribution in [2.45, 2.75) is 31.6 Å². The normalized spacial score (nSPS) is 20.4. The summed E-state index contributed by atoms with van der Waals surface area (Å²) in [5.74, 6) is -0.330. The van der Waals surface area contributed by atoms with Gasteiger partial charge in [0.15, 0.2) is 0 Å². The number of hydrogen-bond donors (Lipinski definition) is 3. The number of carbonyl (C=O) groups excluding carboxylic acids is 3. The SMILES string of the molecule is O=C(N[C@@H]1CCc2cc(N3CC(CO)OC3=O)ccc2NC1=O)OCc1ccccc1. The molecule has 2 aromatic rings. The fourth-order valence-electron chi connectivity index (χ4n) is 3.60. The maximum Gasteiger partial charge on any atom is 0.414 e. The Balaban J connectivity index is 1.38. The number of aliphatic hydroxyl groups is 1. The zero-order valence-electron chi connectivity index (χ0n) is 16.7. The van der Waals surface area contributed by atoms with E-state index in [2.05, 4.69) is 10.6 Å². The molecule has 9 heteroatoms. The van der Waals surface area contributed by atoms with Crippen LogP contribution in [0.2, 0.25) is 0 Å². The number of fused-ring (bicyclic) bond motifs is 1. The number of aliphatic hydroxyl groups excluding tert-OH is 1. The average Bonchev–Trinajstić information content (AvgIpc) is 3.09. The number of aryl methyl sites for hydroxylation is 1. The second kappa shape index (κ2) is 9.05. The molecule has 0 aliphatic carbocycles. The van der Waals surface area contributed by atoms with E-state index in [1.165, 1.54) is 4.90 Å². The monoisotopic (exact) mass is 425 g/mol. The van der Waals surface area contributed by atoms with Gasteiger partial charge < -0.3 is 25.2 Å². The van der Waals surface area contributed by atoms with Crippen LogP contribution in [0, 0.1) is 0 Å². The number of cyclic esters (lactones) is 1. The van der Waals surface area contributed by atoms with Gasteiger partial charge in [0.2, 0.25) is 5.91 Å². The summed E-state index contributed by atoms with van der Waals surface area (Å²) in [6.45, 7) is 0.139. The summed E-state index contributed by atoms with van der Waals surface area (Å²) in [6, 6.07) is 13.8. The Morgan fingerprint density at radius 2 is 2.03 bits per heavy atom. The Bertz CT molecular complexity index is 980. The number of benzene rings is 2. The van der Waals surface area contributed by atoms with Crippen molar-refractivity contribution in [3.63, 3.8) is 0 Å². The highest BCUT2D eigenvalue weighted by atomic mass is 16.6. The minimum atomic E-state index is -0.741. The van der Waals surface area contributed by atoms with Gasteiger partial charge >= 0.3 is 12.2 Å². The molecular formula is C22H23N3O6. The van der Waals surface area contributed by atoms with Crippen molar-refractivity contribution in [2.75, 3.05) is 23.4 Å². The highest BCUT2D eigenvalue weighted by molar-refractivity contribution is 5.98. The van der Waals surface area contributed by atoms with Crippen LogP contribution in [0.3, 0.4) is 0 Å². The van der Waals surface area contributed by atoms with E-state index in [0.717, 1.165) is 11.1 Å². The third kappa shape index (κ3) is 4.77. The van der Waals surface area contributed by atoms with Gasteiger partial charge in [-0.3, -0.25) is 9.69 Å². The number of hydrogen-bond acceptors (Lipinski definition) is 6. The lowest BCUT2D eigenvalue weighted by atomic mass is 10.0. The first-order valence-corrected chi connectivity index (χ1v) is 10.0. The van der Waals surface area contributed by atoms with Crippen molar-refractivity contribution in [3.05, 3.63) is 59.7 Å². The van der Waals surface area contributed by atoms with Crippen molar-refractivity contribution in [1.82, 2.24) is 5.32 Å². The number of nitrogens with one attached hydrogen (secondary N) is 2. The Morgan fingerprint density at radius 1 is 1.23 bits per heavy atom. The van der Waals surface area contributed by atoms with Crippen LogP contribution in [-0.2, 0) is 27.3 Å². The first-order valence-electron chi connectivity index (χ1n) is 10.0. The van der Waals surface area contributed by atoms with Crippen molar-refractivity contribution in [1.29, 1.82) is 0 Å². The van der Waals surface area contributed by atoms with E-state index < -0.39 is 24.3 Å². The molecule has 1 saturated heterocycles. The number of ether oxygens (including phenoxy) is 2. The lowest BCUT2D eigenvalue weighted by Crippen LogP contribution is -2.43. The van der Waals surface area contributed by atoms with Gasteiger partial charge in [0.05, 0.1) is 13.2 Å². The smallest absolute Gasteiger partial charge is 0.414 e. The zero-order chi connectivity index (χ0) is 21.8. The molecule has 1 fully saturated rings. The Kier molecular flexibility index (Phi) is 6.03. The van der Waals surface area contributed by atoms with Gasteiger partial charge in [-0.15, -0.1) is 0 Å². The van der Waals surface area contributed by atoms with E-state index in [1.54, 1.807) is 12.1 Å². The molecule has 0 saturated carbocycles. The highest BCUT2D eigenvalue weighted by Crippen LogP contribution is 2.29. The van der Waals surface area contributed by atoms with Gasteiger partial charge in [0.25, 0.3) is 0 Å². The predicted octanol–water partition coefficient (Wildman–Crippen LogP) is 2.18. The van der Waals surface area contributed by atoms with Crippen LogP contribution in [-0.4, -0.2) is 48.5 Å². The van der Waals surface area contributed by atoms with Crippen LogP contribution in [0.25, 0.3) is 0 Å². The predicted molar refractivity (Wildman–Crippen MR) is 112 cm³/mol. The molecule has 2 aromatic carbocycles. The molecule has 0 spiro atoms. The zero-order valence-corrected chi connectivity index (χ0v) is 16.7. The standard InChI is InChI=1S/C22H23N3O6/c26-12-17-11-25(22(29)31-17)16-7-9-18-15(10-16)6-8-19(20(27)23-18)24-21(28)30-13-14-4-2-1-3-5-14/h1-5,7,9-10,17,19,26H,6,8,11-13H2,(H,23,27)(H,24,28)/t17?,19-/m1/s1. The largest absolute Gasteiger partial charge is 0.445 e. The van der Waals surface area contributed by atoms with Crippen molar-refractivity contribution < 1.29 is 29.0 Å². The number of nitrogens with zero attached hydrogens (tertiary/aromatic N) is 1. The topological polar surface area (TPSA) is 117 Å². The molecule has 3 amide bonds. The molecule has 2 aliphatic rings.